The van der Waals surface area contributed by atoms with Gasteiger partial charge in [0.25, 0.3) is 0 Å². The number of ketones is 1. The number of alkyl halides is 3. The predicted molar refractivity (Wildman–Crippen MR) is 70.3 cm³/mol. The van der Waals surface area contributed by atoms with Crippen LogP contribution in [0.5, 0.6) is 0 Å². The monoisotopic (exact) mass is 318 g/mol. The van der Waals surface area contributed by atoms with E-state index in [0.717, 1.165) is 0 Å². The van der Waals surface area contributed by atoms with Crippen LogP contribution in [0.4, 0.5) is 0 Å². The van der Waals surface area contributed by atoms with Gasteiger partial charge in [-0.05, 0) is 18.2 Å². The minimum absolute atomic E-state index is 0.123. The van der Waals surface area contributed by atoms with Crippen molar-refractivity contribution in [2.75, 3.05) is 0 Å². The van der Waals surface area contributed by atoms with Crippen LogP contribution in [0.3, 0.4) is 0 Å². The molecule has 1 nitrogen and oxygen atoms in total. The lowest BCUT2D eigenvalue weighted by atomic mass is 10.1. The summed E-state index contributed by atoms with van der Waals surface area (Å²) in [7, 11) is 0. The Bertz CT molecular complexity index is 397. The van der Waals surface area contributed by atoms with Crippen LogP contribution in [0.2, 0.25) is 10.0 Å². The molecule has 0 aliphatic heterocycles. The number of Topliss-reactive ketones (excluding diaryl/α,β-unsaturated/α-hetero) is 1. The van der Waals surface area contributed by atoms with Gasteiger partial charge in [0.15, 0.2) is 9.58 Å². The van der Waals surface area contributed by atoms with Crippen LogP contribution in [0.25, 0.3) is 0 Å². The third kappa shape index (κ3) is 4.68. The second kappa shape index (κ2) is 5.79. The number of halogens is 5. The van der Waals surface area contributed by atoms with E-state index >= 15 is 0 Å². The fraction of sp³-hybridized carbons (Fsp3) is 0.300. The summed E-state index contributed by atoms with van der Waals surface area (Å²) in [5.41, 5.74) is 0.389. The number of rotatable bonds is 3. The first-order valence-electron chi connectivity index (χ1n) is 4.34. The molecule has 0 bridgehead atoms. The fourth-order valence-corrected chi connectivity index (χ4v) is 1.90. The van der Waals surface area contributed by atoms with Crippen molar-refractivity contribution in [2.24, 2.45) is 0 Å². The summed E-state index contributed by atoms with van der Waals surface area (Å²) in [4.78, 5) is 11.7. The van der Waals surface area contributed by atoms with Crippen LogP contribution >= 0.6 is 58.0 Å². The van der Waals surface area contributed by atoms with Crippen molar-refractivity contribution >= 4 is 63.8 Å². The molecule has 1 aromatic carbocycles. The van der Waals surface area contributed by atoms with Crippen molar-refractivity contribution in [3.05, 3.63) is 33.8 Å². The summed E-state index contributed by atoms with van der Waals surface area (Å²) in [6.45, 7) is 0. The van der Waals surface area contributed by atoms with Gasteiger partial charge in [0.2, 0.25) is 0 Å². The van der Waals surface area contributed by atoms with E-state index in [-0.39, 0.29) is 18.6 Å². The van der Waals surface area contributed by atoms with E-state index in [0.29, 0.717) is 15.6 Å². The van der Waals surface area contributed by atoms with Crippen LogP contribution in [0, 0.1) is 0 Å². The zero-order chi connectivity index (χ0) is 12.3. The number of hydrogen-bond donors (Lipinski definition) is 0. The van der Waals surface area contributed by atoms with Crippen molar-refractivity contribution in [1.29, 1.82) is 0 Å². The van der Waals surface area contributed by atoms with Crippen molar-refractivity contribution < 1.29 is 4.79 Å². The summed E-state index contributed by atoms with van der Waals surface area (Å²) in [6.07, 6.45) is 0.271. The van der Waals surface area contributed by atoms with E-state index in [1.54, 1.807) is 12.1 Å². The third-order valence-electron chi connectivity index (χ3n) is 1.87. The highest BCUT2D eigenvalue weighted by atomic mass is 35.6. The summed E-state index contributed by atoms with van der Waals surface area (Å²) in [5.74, 6) is -0.173. The Balaban J connectivity index is 2.74. The molecule has 0 spiro atoms. The Morgan fingerprint density at radius 2 is 1.81 bits per heavy atom. The molecule has 0 N–H and O–H groups in total. The third-order valence-corrected chi connectivity index (χ3v) is 2.98. The average molecular weight is 320 g/mol. The van der Waals surface area contributed by atoms with Crippen molar-refractivity contribution in [1.82, 2.24) is 0 Å². The Morgan fingerprint density at radius 3 is 2.31 bits per heavy atom. The summed E-state index contributed by atoms with van der Waals surface area (Å²) < 4.78 is -1.42. The van der Waals surface area contributed by atoms with Gasteiger partial charge < -0.3 is 0 Å². The molecule has 0 radical (unpaired) electrons. The molecule has 16 heavy (non-hydrogen) atoms. The number of benzene rings is 1. The highest BCUT2D eigenvalue weighted by molar-refractivity contribution is 6.67. The molecule has 0 aliphatic rings. The number of hydrogen-bond acceptors (Lipinski definition) is 1. The molecule has 0 aromatic heterocycles. The quantitative estimate of drug-likeness (QED) is 0.543. The second-order valence-corrected chi connectivity index (χ2v) is 6.52. The minimum atomic E-state index is -1.42. The van der Waals surface area contributed by atoms with Gasteiger partial charge in [-0.25, -0.2) is 0 Å². The molecule has 0 aliphatic carbocycles. The van der Waals surface area contributed by atoms with Crippen LogP contribution in [0.1, 0.15) is 23.2 Å². The Labute approximate surface area is 119 Å². The maximum atomic E-state index is 11.7. The number of carbonyl (C=O) groups is 1. The zero-order valence-electron chi connectivity index (χ0n) is 7.94. The summed E-state index contributed by atoms with van der Waals surface area (Å²) in [6, 6.07) is 4.66. The Morgan fingerprint density at radius 1 is 1.19 bits per heavy atom. The normalized spacial score (nSPS) is 11.6. The molecule has 6 heteroatoms. The Hall–Kier alpha value is 0.340. The first kappa shape index (κ1) is 14.4. The van der Waals surface area contributed by atoms with E-state index in [1.807, 2.05) is 0 Å². The first-order valence-corrected chi connectivity index (χ1v) is 6.23. The Kier molecular flexibility index (Phi) is 5.21. The van der Waals surface area contributed by atoms with E-state index < -0.39 is 3.79 Å². The molecular weight excluding hydrogens is 313 g/mol. The van der Waals surface area contributed by atoms with Gasteiger partial charge in [-0.1, -0.05) is 58.0 Å². The number of carbonyl (C=O) groups excluding carboxylic acids is 1. The van der Waals surface area contributed by atoms with Crippen molar-refractivity contribution in [2.45, 2.75) is 16.6 Å². The van der Waals surface area contributed by atoms with Crippen LogP contribution in [0.15, 0.2) is 18.2 Å². The van der Waals surface area contributed by atoms with Crippen LogP contribution in [-0.2, 0) is 0 Å². The fourth-order valence-electron chi connectivity index (χ4n) is 1.11. The van der Waals surface area contributed by atoms with Crippen molar-refractivity contribution in [3.8, 4) is 0 Å². The first-order chi connectivity index (χ1) is 7.29. The predicted octanol–water partition coefficient (Wildman–Crippen LogP) is 5.33. The van der Waals surface area contributed by atoms with Crippen LogP contribution in [-0.4, -0.2) is 9.58 Å². The lowest BCUT2D eigenvalue weighted by Crippen LogP contribution is -2.07. The summed E-state index contributed by atoms with van der Waals surface area (Å²) in [5, 5.41) is 0.782. The second-order valence-electron chi connectivity index (χ2n) is 3.16. The average Bonchev–Trinajstić information content (AvgIpc) is 2.13. The maximum Gasteiger partial charge on any atom is 0.191 e. The van der Waals surface area contributed by atoms with Gasteiger partial charge in [-0.15, -0.1) is 0 Å². The van der Waals surface area contributed by atoms with Crippen molar-refractivity contribution in [3.63, 3.8) is 0 Å². The highest BCUT2D eigenvalue weighted by Crippen LogP contribution is 2.32. The van der Waals surface area contributed by atoms with Gasteiger partial charge in [0.1, 0.15) is 0 Å². The van der Waals surface area contributed by atoms with Gasteiger partial charge in [-0.3, -0.25) is 4.79 Å². The molecule has 0 fully saturated rings. The van der Waals surface area contributed by atoms with E-state index in [2.05, 4.69) is 0 Å². The molecule has 0 unspecified atom stereocenters. The molecular formula is C10H7Cl5O. The van der Waals surface area contributed by atoms with Gasteiger partial charge in [0, 0.05) is 23.4 Å². The SMILES string of the molecule is O=C(CCC(Cl)(Cl)Cl)c1ccc(Cl)cc1Cl. The topological polar surface area (TPSA) is 17.1 Å². The van der Waals surface area contributed by atoms with E-state index in [4.69, 9.17) is 58.0 Å². The zero-order valence-corrected chi connectivity index (χ0v) is 11.7. The largest absolute Gasteiger partial charge is 0.294 e. The van der Waals surface area contributed by atoms with E-state index in [9.17, 15) is 4.79 Å². The molecule has 0 heterocycles. The standard InChI is InChI=1S/C10H7Cl5O/c11-6-1-2-7(8(12)5-6)9(16)3-4-10(13,14)15/h1-2,5H,3-4H2. The highest BCUT2D eigenvalue weighted by Gasteiger charge is 2.22. The van der Waals surface area contributed by atoms with Crippen LogP contribution < -0.4 is 0 Å². The molecule has 88 valence electrons. The molecule has 0 saturated carbocycles. The lowest BCUT2D eigenvalue weighted by molar-refractivity contribution is 0.0980. The maximum absolute atomic E-state index is 11.7. The van der Waals surface area contributed by atoms with E-state index in [1.165, 1.54) is 6.07 Å². The summed E-state index contributed by atoms with van der Waals surface area (Å²) >= 11 is 28.2. The minimum Gasteiger partial charge on any atom is -0.294 e. The lowest BCUT2D eigenvalue weighted by Gasteiger charge is -2.10. The molecule has 0 saturated heterocycles. The smallest absolute Gasteiger partial charge is 0.191 e. The van der Waals surface area contributed by atoms with Gasteiger partial charge in [-0.2, -0.15) is 0 Å². The van der Waals surface area contributed by atoms with Gasteiger partial charge >= 0.3 is 0 Å². The van der Waals surface area contributed by atoms with Gasteiger partial charge in [0.05, 0.1) is 5.02 Å². The molecule has 0 atom stereocenters. The molecule has 1 aromatic rings. The molecule has 1 rings (SSSR count). The molecule has 0 amide bonds.